The maximum Gasteiger partial charge on any atom is 0.158 e. The second-order valence-electron chi connectivity index (χ2n) is 8.95. The van der Waals surface area contributed by atoms with Crippen molar-refractivity contribution in [2.45, 2.75) is 38.6 Å². The van der Waals surface area contributed by atoms with Crippen LogP contribution in [-0.4, -0.2) is 48.5 Å². The van der Waals surface area contributed by atoms with Crippen molar-refractivity contribution >= 4 is 33.5 Å². The monoisotopic (exact) mass is 461 g/mol. The molecule has 0 saturated carbocycles. The van der Waals surface area contributed by atoms with Crippen LogP contribution in [0.4, 0.5) is 16.4 Å². The summed E-state index contributed by atoms with van der Waals surface area (Å²) in [5, 5.41) is 9.55. The molecule has 172 valence electrons. The number of nitrogens with one attached hydrogen (secondary N) is 2. The maximum absolute atomic E-state index is 5.28. The van der Waals surface area contributed by atoms with Gasteiger partial charge in [0.15, 0.2) is 5.84 Å². The van der Waals surface area contributed by atoms with Gasteiger partial charge in [-0.05, 0) is 42.7 Å². The number of ether oxygens (including phenoxy) is 1. The number of rotatable bonds is 5. The van der Waals surface area contributed by atoms with Crippen LogP contribution >= 0.6 is 11.3 Å². The van der Waals surface area contributed by atoms with Gasteiger partial charge >= 0.3 is 0 Å². The van der Waals surface area contributed by atoms with Crippen LogP contribution in [0, 0.1) is 0 Å². The molecule has 0 unspecified atom stereocenters. The minimum absolute atomic E-state index is 0.389. The Morgan fingerprint density at radius 2 is 1.97 bits per heavy atom. The van der Waals surface area contributed by atoms with Gasteiger partial charge in [0.25, 0.3) is 0 Å². The van der Waals surface area contributed by atoms with Crippen LogP contribution in [0.5, 0.6) is 5.75 Å². The van der Waals surface area contributed by atoms with Gasteiger partial charge in [0.05, 0.1) is 23.5 Å². The molecule has 0 aliphatic carbocycles. The van der Waals surface area contributed by atoms with Gasteiger partial charge in [-0.1, -0.05) is 38.1 Å². The van der Waals surface area contributed by atoms with E-state index in [4.69, 9.17) is 14.7 Å². The Kier molecular flexibility index (Phi) is 6.33. The fourth-order valence-electron chi connectivity index (χ4n) is 4.35. The van der Waals surface area contributed by atoms with Crippen molar-refractivity contribution in [1.29, 1.82) is 0 Å². The van der Waals surface area contributed by atoms with E-state index in [0.717, 1.165) is 71.1 Å². The zero-order valence-corrected chi connectivity index (χ0v) is 20.3. The van der Waals surface area contributed by atoms with E-state index in [1.807, 2.05) is 18.2 Å². The molecule has 0 amide bonds. The molecule has 6 nitrogen and oxygen atoms in total. The summed E-state index contributed by atoms with van der Waals surface area (Å²) < 4.78 is 5.28. The number of hydrogen-bond acceptors (Lipinski definition) is 7. The Morgan fingerprint density at radius 3 is 2.76 bits per heavy atom. The van der Waals surface area contributed by atoms with E-state index in [0.29, 0.717) is 12.0 Å². The molecule has 2 N–H and O–H groups in total. The lowest BCUT2D eigenvalue weighted by Gasteiger charge is -2.35. The van der Waals surface area contributed by atoms with Crippen molar-refractivity contribution in [3.63, 3.8) is 0 Å². The summed E-state index contributed by atoms with van der Waals surface area (Å²) in [7, 11) is 1.71. The van der Waals surface area contributed by atoms with Crippen LogP contribution in [0.1, 0.15) is 42.5 Å². The number of aryl methyl sites for hydroxylation is 1. The third-order valence-electron chi connectivity index (χ3n) is 6.22. The van der Waals surface area contributed by atoms with Gasteiger partial charge in [0, 0.05) is 31.6 Å². The highest BCUT2D eigenvalue weighted by molar-refractivity contribution is 7.16. The Hall–Kier alpha value is -2.90. The van der Waals surface area contributed by atoms with Gasteiger partial charge in [-0.25, -0.2) is 9.98 Å². The van der Waals surface area contributed by atoms with Crippen molar-refractivity contribution in [3.8, 4) is 5.75 Å². The van der Waals surface area contributed by atoms with Crippen molar-refractivity contribution in [1.82, 2.24) is 15.2 Å². The number of methoxy groups -OCH3 is 1. The van der Waals surface area contributed by atoms with Crippen molar-refractivity contribution < 1.29 is 4.74 Å². The quantitative estimate of drug-likeness (QED) is 0.539. The van der Waals surface area contributed by atoms with Gasteiger partial charge in [0.2, 0.25) is 0 Å². The molecule has 33 heavy (non-hydrogen) atoms. The van der Waals surface area contributed by atoms with E-state index >= 15 is 0 Å². The summed E-state index contributed by atoms with van der Waals surface area (Å²) in [6, 6.07) is 17.1. The number of hydrogen-bond donors (Lipinski definition) is 2. The first-order chi connectivity index (χ1) is 16.1. The second-order valence-corrected chi connectivity index (χ2v) is 9.98. The summed E-state index contributed by atoms with van der Waals surface area (Å²) >= 11 is 1.74. The maximum atomic E-state index is 5.28. The van der Waals surface area contributed by atoms with Crippen LogP contribution in [0.15, 0.2) is 53.5 Å². The Balaban J connectivity index is 1.38. The SMILES string of the molecule is COc1ccc(CC[C@H]2CN(C3=Nc4ccccc4Nc4sc(C(C)C)nc43)CCN2)cc1. The number of anilines is 2. The molecular formula is C26H31N5OS. The van der Waals surface area contributed by atoms with Crippen LogP contribution < -0.4 is 15.4 Å². The van der Waals surface area contributed by atoms with Gasteiger partial charge in [-0.3, -0.25) is 0 Å². The van der Waals surface area contributed by atoms with Crippen molar-refractivity contribution in [2.75, 3.05) is 32.1 Å². The molecule has 2 aliphatic rings. The van der Waals surface area contributed by atoms with Crippen LogP contribution in [-0.2, 0) is 6.42 Å². The van der Waals surface area contributed by atoms with E-state index < -0.39 is 0 Å². The first-order valence-corrected chi connectivity index (χ1v) is 12.5. The minimum Gasteiger partial charge on any atom is -0.497 e. The van der Waals surface area contributed by atoms with E-state index in [1.165, 1.54) is 5.56 Å². The van der Waals surface area contributed by atoms with Crippen molar-refractivity contribution in [3.05, 3.63) is 64.8 Å². The summed E-state index contributed by atoms with van der Waals surface area (Å²) in [5.74, 6) is 2.28. The molecule has 1 fully saturated rings. The summed E-state index contributed by atoms with van der Waals surface area (Å²) in [4.78, 5) is 12.6. The van der Waals surface area contributed by atoms with E-state index in [9.17, 15) is 0 Å². The highest BCUT2D eigenvalue weighted by Gasteiger charge is 2.29. The molecule has 0 radical (unpaired) electrons. The average Bonchev–Trinajstić information content (AvgIpc) is 3.20. The molecule has 0 bridgehead atoms. The molecule has 3 aromatic rings. The second kappa shape index (κ2) is 9.53. The van der Waals surface area contributed by atoms with Crippen LogP contribution in [0.25, 0.3) is 0 Å². The number of fused-ring (bicyclic) bond motifs is 2. The number of thiazole rings is 1. The lowest BCUT2D eigenvalue weighted by molar-refractivity contribution is 0.282. The third-order valence-corrected chi connectivity index (χ3v) is 7.49. The molecule has 2 aliphatic heterocycles. The van der Waals surface area contributed by atoms with Gasteiger partial charge in [-0.15, -0.1) is 11.3 Å². The van der Waals surface area contributed by atoms with Gasteiger partial charge in [-0.2, -0.15) is 0 Å². The molecule has 3 heterocycles. The molecule has 1 saturated heterocycles. The smallest absolute Gasteiger partial charge is 0.158 e. The number of para-hydroxylation sites is 2. The average molecular weight is 462 g/mol. The Labute approximate surface area is 199 Å². The molecule has 7 heteroatoms. The van der Waals surface area contributed by atoms with Gasteiger partial charge < -0.3 is 20.3 Å². The minimum atomic E-state index is 0.389. The predicted molar refractivity (Wildman–Crippen MR) is 137 cm³/mol. The molecule has 2 aromatic carbocycles. The zero-order valence-electron chi connectivity index (χ0n) is 19.5. The molecular weight excluding hydrogens is 430 g/mol. The highest BCUT2D eigenvalue weighted by Crippen LogP contribution is 2.39. The topological polar surface area (TPSA) is 61.8 Å². The van der Waals surface area contributed by atoms with E-state index in [2.05, 4.69) is 59.7 Å². The molecule has 1 atom stereocenters. The fraction of sp³-hybridized carbons (Fsp3) is 0.385. The number of nitrogens with zero attached hydrogens (tertiary/aromatic N) is 3. The largest absolute Gasteiger partial charge is 0.497 e. The number of amidine groups is 1. The number of piperazine rings is 1. The van der Waals surface area contributed by atoms with Gasteiger partial charge in [0.1, 0.15) is 16.4 Å². The van der Waals surface area contributed by atoms with Crippen LogP contribution in [0.2, 0.25) is 0 Å². The molecule has 1 aromatic heterocycles. The normalized spacial score (nSPS) is 17.6. The number of benzene rings is 2. The summed E-state index contributed by atoms with van der Waals surface area (Å²) in [6.45, 7) is 7.18. The summed E-state index contributed by atoms with van der Waals surface area (Å²) in [5.41, 5.74) is 4.33. The molecule has 0 spiro atoms. The first-order valence-electron chi connectivity index (χ1n) is 11.7. The van der Waals surface area contributed by atoms with E-state index in [1.54, 1.807) is 18.4 Å². The Bertz CT molecular complexity index is 1140. The first kappa shape index (κ1) is 21.9. The fourth-order valence-corrected chi connectivity index (χ4v) is 5.33. The number of aliphatic imine (C=N–C) groups is 1. The van der Waals surface area contributed by atoms with E-state index in [-0.39, 0.29) is 0 Å². The Morgan fingerprint density at radius 1 is 1.15 bits per heavy atom. The lowest BCUT2D eigenvalue weighted by Crippen LogP contribution is -2.53. The number of aromatic nitrogens is 1. The highest BCUT2D eigenvalue weighted by atomic mass is 32.1. The molecule has 5 rings (SSSR count). The van der Waals surface area contributed by atoms with Crippen molar-refractivity contribution in [2.24, 2.45) is 4.99 Å². The zero-order chi connectivity index (χ0) is 22.8. The lowest BCUT2D eigenvalue weighted by atomic mass is 10.0. The predicted octanol–water partition coefficient (Wildman–Crippen LogP) is 5.32. The summed E-state index contributed by atoms with van der Waals surface area (Å²) in [6.07, 6.45) is 2.11. The third kappa shape index (κ3) is 4.75. The standard InChI is InChI=1S/C26H31N5OS/c1-17(2)25-30-23-24(28-21-6-4-5-7-22(21)29-26(23)33-25)31-15-14-27-19(16-31)11-8-18-9-12-20(32-3)13-10-18/h4-7,9-10,12-13,17,19,27,29H,8,11,14-16H2,1-3H3/t19-/m0/s1. The van der Waals surface area contributed by atoms with Crippen LogP contribution in [0.3, 0.4) is 0 Å².